The molecule has 2 N–H and O–H groups in total. The summed E-state index contributed by atoms with van der Waals surface area (Å²) >= 11 is 0. The Morgan fingerprint density at radius 2 is 1.74 bits per heavy atom. The average Bonchev–Trinajstić information content (AvgIpc) is 2.42. The summed E-state index contributed by atoms with van der Waals surface area (Å²) in [4.78, 5) is 11.5. The van der Waals surface area contributed by atoms with Crippen LogP contribution in [0.5, 0.6) is 11.5 Å². The SMILES string of the molecule is COC(=O)c1cccc(Oc2ccccc2C)c1N. The maximum absolute atomic E-state index is 11.5. The van der Waals surface area contributed by atoms with Gasteiger partial charge in [-0.2, -0.15) is 0 Å². The number of aryl methyl sites for hydroxylation is 1. The molecule has 0 saturated heterocycles. The lowest BCUT2D eigenvalue weighted by Gasteiger charge is -2.12. The third-order valence-electron chi connectivity index (χ3n) is 2.78. The minimum Gasteiger partial charge on any atom is -0.465 e. The Labute approximate surface area is 111 Å². The molecule has 0 aromatic heterocycles. The number of anilines is 1. The first-order valence-electron chi connectivity index (χ1n) is 5.83. The Hall–Kier alpha value is -2.49. The number of benzene rings is 2. The highest BCUT2D eigenvalue weighted by atomic mass is 16.5. The van der Waals surface area contributed by atoms with E-state index >= 15 is 0 Å². The molecule has 0 bridgehead atoms. The standard InChI is InChI=1S/C15H15NO3/c1-10-6-3-4-8-12(10)19-13-9-5-7-11(14(13)16)15(17)18-2/h3-9H,16H2,1-2H3. The first kappa shape index (κ1) is 13.0. The van der Waals surface area contributed by atoms with Gasteiger partial charge in [-0.1, -0.05) is 24.3 Å². The number of hydrogen-bond donors (Lipinski definition) is 1. The number of nitrogens with two attached hydrogens (primary N) is 1. The molecule has 0 radical (unpaired) electrons. The van der Waals surface area contributed by atoms with E-state index < -0.39 is 5.97 Å². The van der Waals surface area contributed by atoms with Crippen LogP contribution in [0.15, 0.2) is 42.5 Å². The fourth-order valence-electron chi connectivity index (χ4n) is 1.71. The zero-order valence-corrected chi connectivity index (χ0v) is 10.8. The van der Waals surface area contributed by atoms with Crippen molar-refractivity contribution in [3.63, 3.8) is 0 Å². The monoisotopic (exact) mass is 257 g/mol. The predicted molar refractivity (Wildman–Crippen MR) is 73.4 cm³/mol. The number of hydrogen-bond acceptors (Lipinski definition) is 4. The van der Waals surface area contributed by atoms with Gasteiger partial charge < -0.3 is 15.2 Å². The summed E-state index contributed by atoms with van der Waals surface area (Å²) in [6.07, 6.45) is 0. The molecule has 0 atom stereocenters. The summed E-state index contributed by atoms with van der Waals surface area (Å²) in [7, 11) is 1.32. The minimum atomic E-state index is -0.479. The molecule has 0 heterocycles. The van der Waals surface area contributed by atoms with Crippen LogP contribution in [0.1, 0.15) is 15.9 Å². The highest BCUT2D eigenvalue weighted by molar-refractivity contribution is 5.96. The van der Waals surface area contributed by atoms with E-state index in [-0.39, 0.29) is 5.69 Å². The summed E-state index contributed by atoms with van der Waals surface area (Å²) in [5.41, 5.74) is 7.50. The largest absolute Gasteiger partial charge is 0.465 e. The second kappa shape index (κ2) is 5.44. The van der Waals surface area contributed by atoms with E-state index in [2.05, 4.69) is 4.74 Å². The molecule has 0 fully saturated rings. The third-order valence-corrected chi connectivity index (χ3v) is 2.78. The second-order valence-corrected chi connectivity index (χ2v) is 4.08. The van der Waals surface area contributed by atoms with E-state index in [1.165, 1.54) is 7.11 Å². The number of rotatable bonds is 3. The topological polar surface area (TPSA) is 61.5 Å². The number of carbonyl (C=O) groups excluding carboxylic acids is 1. The van der Waals surface area contributed by atoms with E-state index in [9.17, 15) is 4.79 Å². The number of methoxy groups -OCH3 is 1. The van der Waals surface area contributed by atoms with E-state index in [0.717, 1.165) is 5.56 Å². The Bertz CT molecular complexity index is 608. The molecule has 0 unspecified atom stereocenters. The van der Waals surface area contributed by atoms with E-state index in [0.29, 0.717) is 17.1 Å². The van der Waals surface area contributed by atoms with Crippen LogP contribution in [-0.4, -0.2) is 13.1 Å². The molecule has 4 nitrogen and oxygen atoms in total. The van der Waals surface area contributed by atoms with Crippen LogP contribution in [0.2, 0.25) is 0 Å². The summed E-state index contributed by atoms with van der Waals surface area (Å²) in [6, 6.07) is 12.6. The highest BCUT2D eigenvalue weighted by Gasteiger charge is 2.14. The molecule has 0 amide bonds. The lowest BCUT2D eigenvalue weighted by Crippen LogP contribution is -2.06. The first-order valence-corrected chi connectivity index (χ1v) is 5.83. The molecule has 0 saturated carbocycles. The summed E-state index contributed by atoms with van der Waals surface area (Å²) in [6.45, 7) is 1.94. The summed E-state index contributed by atoms with van der Waals surface area (Å²) in [5, 5.41) is 0. The van der Waals surface area contributed by atoms with Gasteiger partial charge in [0.05, 0.1) is 18.4 Å². The van der Waals surface area contributed by atoms with Crippen molar-refractivity contribution in [1.29, 1.82) is 0 Å². The van der Waals surface area contributed by atoms with E-state index in [1.807, 2.05) is 31.2 Å². The van der Waals surface area contributed by atoms with Gasteiger partial charge in [0.25, 0.3) is 0 Å². The number of esters is 1. The average molecular weight is 257 g/mol. The molecule has 0 aliphatic carbocycles. The van der Waals surface area contributed by atoms with Crippen molar-refractivity contribution < 1.29 is 14.3 Å². The zero-order chi connectivity index (χ0) is 13.8. The minimum absolute atomic E-state index is 0.276. The quantitative estimate of drug-likeness (QED) is 0.677. The number of nitrogen functional groups attached to an aromatic ring is 1. The summed E-state index contributed by atoms with van der Waals surface area (Å²) in [5.74, 6) is 0.668. The Kier molecular flexibility index (Phi) is 3.71. The number of ether oxygens (including phenoxy) is 2. The fraction of sp³-hybridized carbons (Fsp3) is 0.133. The van der Waals surface area contributed by atoms with Crippen molar-refractivity contribution >= 4 is 11.7 Å². The van der Waals surface area contributed by atoms with Gasteiger partial charge in [-0.3, -0.25) is 0 Å². The van der Waals surface area contributed by atoms with Crippen LogP contribution in [0.4, 0.5) is 5.69 Å². The van der Waals surface area contributed by atoms with Crippen LogP contribution < -0.4 is 10.5 Å². The number of carbonyl (C=O) groups is 1. The van der Waals surface area contributed by atoms with E-state index in [4.69, 9.17) is 10.5 Å². The smallest absolute Gasteiger partial charge is 0.340 e. The van der Waals surface area contributed by atoms with Gasteiger partial charge in [0.2, 0.25) is 0 Å². The van der Waals surface area contributed by atoms with Crippen molar-refractivity contribution in [1.82, 2.24) is 0 Å². The van der Waals surface area contributed by atoms with Crippen LogP contribution >= 0.6 is 0 Å². The Morgan fingerprint density at radius 1 is 1.05 bits per heavy atom. The highest BCUT2D eigenvalue weighted by Crippen LogP contribution is 2.31. The molecular formula is C15H15NO3. The maximum Gasteiger partial charge on any atom is 0.340 e. The van der Waals surface area contributed by atoms with Crippen molar-refractivity contribution in [3.05, 3.63) is 53.6 Å². The molecule has 0 aliphatic heterocycles. The zero-order valence-electron chi connectivity index (χ0n) is 10.8. The fourth-order valence-corrected chi connectivity index (χ4v) is 1.71. The van der Waals surface area contributed by atoms with Crippen molar-refractivity contribution in [2.24, 2.45) is 0 Å². The Balaban J connectivity index is 2.37. The van der Waals surface area contributed by atoms with E-state index in [1.54, 1.807) is 18.2 Å². The lowest BCUT2D eigenvalue weighted by atomic mass is 10.1. The van der Waals surface area contributed by atoms with Crippen molar-refractivity contribution in [2.75, 3.05) is 12.8 Å². The first-order chi connectivity index (χ1) is 9.13. The van der Waals surface area contributed by atoms with Crippen LogP contribution in [0.25, 0.3) is 0 Å². The summed E-state index contributed by atoms with van der Waals surface area (Å²) < 4.78 is 10.4. The molecule has 2 aromatic rings. The molecule has 2 rings (SSSR count). The normalized spacial score (nSPS) is 10.0. The third kappa shape index (κ3) is 2.68. The van der Waals surface area contributed by atoms with Gasteiger partial charge in [-0.05, 0) is 30.7 Å². The van der Waals surface area contributed by atoms with Crippen LogP contribution in [0, 0.1) is 6.92 Å². The van der Waals surface area contributed by atoms with Gasteiger partial charge in [0, 0.05) is 0 Å². The maximum atomic E-state index is 11.5. The molecule has 98 valence electrons. The van der Waals surface area contributed by atoms with Crippen LogP contribution in [-0.2, 0) is 4.74 Å². The molecular weight excluding hydrogens is 242 g/mol. The van der Waals surface area contributed by atoms with Crippen molar-refractivity contribution in [2.45, 2.75) is 6.92 Å². The Morgan fingerprint density at radius 3 is 2.42 bits per heavy atom. The molecule has 19 heavy (non-hydrogen) atoms. The second-order valence-electron chi connectivity index (χ2n) is 4.08. The molecule has 4 heteroatoms. The lowest BCUT2D eigenvalue weighted by molar-refractivity contribution is 0.0601. The molecule has 0 aliphatic rings. The molecule has 0 spiro atoms. The molecule has 2 aromatic carbocycles. The predicted octanol–water partition coefficient (Wildman–Crippen LogP) is 3.16. The van der Waals surface area contributed by atoms with Gasteiger partial charge in [0.15, 0.2) is 5.75 Å². The van der Waals surface area contributed by atoms with Crippen molar-refractivity contribution in [3.8, 4) is 11.5 Å². The van der Waals surface area contributed by atoms with Gasteiger partial charge >= 0.3 is 5.97 Å². The van der Waals surface area contributed by atoms with Gasteiger partial charge in [0.1, 0.15) is 5.75 Å². The van der Waals surface area contributed by atoms with Gasteiger partial charge in [-0.25, -0.2) is 4.79 Å². The van der Waals surface area contributed by atoms with Gasteiger partial charge in [-0.15, -0.1) is 0 Å². The van der Waals surface area contributed by atoms with Crippen LogP contribution in [0.3, 0.4) is 0 Å². The number of para-hydroxylation sites is 2.